The molecule has 1 saturated carbocycles. The fourth-order valence-electron chi connectivity index (χ4n) is 3.13. The van der Waals surface area contributed by atoms with Gasteiger partial charge in [-0.2, -0.15) is 8.42 Å². The van der Waals surface area contributed by atoms with E-state index < -0.39 is 39.5 Å². The Labute approximate surface area is 161 Å². The molecule has 1 atom stereocenters. The lowest BCUT2D eigenvalue weighted by molar-refractivity contribution is -0.175. The zero-order chi connectivity index (χ0) is 20.3. The number of rotatable bonds is 8. The molecule has 150 valence electrons. The van der Waals surface area contributed by atoms with Gasteiger partial charge in [0.15, 0.2) is 0 Å². The van der Waals surface area contributed by atoms with Crippen molar-refractivity contribution in [3.05, 3.63) is 29.8 Å². The molecule has 7 heteroatoms. The first-order chi connectivity index (χ1) is 12.5. The van der Waals surface area contributed by atoms with E-state index in [-0.39, 0.29) is 4.90 Å². The van der Waals surface area contributed by atoms with E-state index in [9.17, 15) is 18.0 Å². The second-order valence-corrected chi connectivity index (χ2v) is 9.17. The Morgan fingerprint density at radius 1 is 1.15 bits per heavy atom. The van der Waals surface area contributed by atoms with Gasteiger partial charge in [0, 0.05) is 0 Å². The maximum atomic E-state index is 12.8. The Morgan fingerprint density at radius 3 is 2.19 bits per heavy atom. The number of aryl methyl sites for hydroxylation is 1. The molecule has 0 N–H and O–H groups in total. The van der Waals surface area contributed by atoms with E-state index in [0.717, 1.165) is 31.2 Å². The number of Topliss-reactive ketones (excluding diaryl/α,β-unsaturated/α-hetero) is 1. The minimum absolute atomic E-state index is 0.0202. The maximum absolute atomic E-state index is 12.8. The highest BCUT2D eigenvalue weighted by Crippen LogP contribution is 2.38. The number of carbonyl (C=O) groups is 2. The van der Waals surface area contributed by atoms with Crippen LogP contribution >= 0.6 is 0 Å². The third-order valence-corrected chi connectivity index (χ3v) is 6.79. The summed E-state index contributed by atoms with van der Waals surface area (Å²) in [6.07, 6.45) is 4.11. The Kier molecular flexibility index (Phi) is 6.47. The largest absolute Gasteiger partial charge is 0.458 e. The summed E-state index contributed by atoms with van der Waals surface area (Å²) in [7, 11) is -4.09. The number of hydrogen-bond acceptors (Lipinski definition) is 6. The summed E-state index contributed by atoms with van der Waals surface area (Å²) in [5.41, 5.74) is -1.33. The number of ether oxygens (including phenoxy) is 1. The van der Waals surface area contributed by atoms with Gasteiger partial charge in [-0.1, -0.05) is 24.6 Å². The van der Waals surface area contributed by atoms with Gasteiger partial charge in [-0.05, 0) is 65.0 Å². The summed E-state index contributed by atoms with van der Waals surface area (Å²) >= 11 is 0. The molecular weight excluding hydrogens is 368 g/mol. The van der Waals surface area contributed by atoms with Crippen molar-refractivity contribution in [1.82, 2.24) is 0 Å². The highest BCUT2D eigenvalue weighted by atomic mass is 32.2. The topological polar surface area (TPSA) is 86.7 Å². The predicted molar refractivity (Wildman–Crippen MR) is 101 cm³/mol. The summed E-state index contributed by atoms with van der Waals surface area (Å²) in [5.74, 6) is -1.21. The van der Waals surface area contributed by atoms with Crippen LogP contribution in [0.25, 0.3) is 0 Å². The summed E-state index contributed by atoms with van der Waals surface area (Å²) < 4.78 is 35.6. The minimum atomic E-state index is -4.09. The molecule has 0 aromatic heterocycles. The molecule has 1 aliphatic carbocycles. The molecule has 0 spiro atoms. The molecule has 0 heterocycles. The number of esters is 1. The number of hydrogen-bond donors (Lipinski definition) is 0. The van der Waals surface area contributed by atoms with Gasteiger partial charge >= 0.3 is 5.97 Å². The fourth-order valence-corrected chi connectivity index (χ4v) is 4.13. The Balaban J connectivity index is 2.17. The molecule has 0 amide bonds. The van der Waals surface area contributed by atoms with Gasteiger partial charge < -0.3 is 4.74 Å². The van der Waals surface area contributed by atoms with E-state index in [1.54, 1.807) is 12.1 Å². The van der Waals surface area contributed by atoms with Crippen LogP contribution in [0, 0.1) is 12.3 Å². The Bertz CT molecular complexity index is 790. The summed E-state index contributed by atoms with van der Waals surface area (Å²) in [6.45, 7) is 5.82. The van der Waals surface area contributed by atoms with Gasteiger partial charge in [-0.3, -0.25) is 13.8 Å². The second kappa shape index (κ2) is 8.10. The molecule has 1 aliphatic rings. The van der Waals surface area contributed by atoms with E-state index in [1.807, 2.05) is 13.8 Å². The summed E-state index contributed by atoms with van der Waals surface area (Å²) in [4.78, 5) is 25.0. The molecule has 0 aliphatic heterocycles. The van der Waals surface area contributed by atoms with E-state index >= 15 is 0 Å². The van der Waals surface area contributed by atoms with Crippen LogP contribution in [-0.2, 0) is 28.6 Å². The van der Waals surface area contributed by atoms with Crippen LogP contribution in [0.15, 0.2) is 29.2 Å². The SMILES string of the molecule is CCC1(OC(=O)C(C)(COS(=O)(=O)c2ccc(C)cc2)C(C)=O)CCCC1. The third kappa shape index (κ3) is 4.76. The molecule has 1 aromatic carbocycles. The predicted octanol–water partition coefficient (Wildman–Crippen LogP) is 3.56. The molecule has 27 heavy (non-hydrogen) atoms. The molecule has 1 aromatic rings. The van der Waals surface area contributed by atoms with Gasteiger partial charge in [-0.25, -0.2) is 0 Å². The quantitative estimate of drug-likeness (QED) is 0.379. The second-order valence-electron chi connectivity index (χ2n) is 7.55. The lowest BCUT2D eigenvalue weighted by Gasteiger charge is -2.33. The van der Waals surface area contributed by atoms with E-state index in [0.29, 0.717) is 6.42 Å². The van der Waals surface area contributed by atoms with Crippen LogP contribution in [0.4, 0.5) is 0 Å². The lowest BCUT2D eigenvalue weighted by Crippen LogP contribution is -2.45. The molecule has 0 saturated heterocycles. The van der Waals surface area contributed by atoms with Crippen LogP contribution in [0.5, 0.6) is 0 Å². The van der Waals surface area contributed by atoms with Crippen molar-refractivity contribution in [2.75, 3.05) is 6.61 Å². The van der Waals surface area contributed by atoms with Crippen molar-refractivity contribution < 1.29 is 26.9 Å². The average Bonchev–Trinajstić information content (AvgIpc) is 3.09. The highest BCUT2D eigenvalue weighted by Gasteiger charge is 2.46. The van der Waals surface area contributed by atoms with Crippen LogP contribution < -0.4 is 0 Å². The van der Waals surface area contributed by atoms with Crippen molar-refractivity contribution in [2.24, 2.45) is 5.41 Å². The monoisotopic (exact) mass is 396 g/mol. The van der Waals surface area contributed by atoms with Crippen LogP contribution in [-0.4, -0.2) is 32.4 Å². The minimum Gasteiger partial charge on any atom is -0.458 e. The van der Waals surface area contributed by atoms with Gasteiger partial charge in [0.1, 0.15) is 16.8 Å². The first-order valence-corrected chi connectivity index (χ1v) is 10.7. The van der Waals surface area contributed by atoms with E-state index in [2.05, 4.69) is 0 Å². The van der Waals surface area contributed by atoms with Gasteiger partial charge in [0.2, 0.25) is 0 Å². The molecule has 1 unspecified atom stereocenters. The van der Waals surface area contributed by atoms with Crippen molar-refractivity contribution in [1.29, 1.82) is 0 Å². The number of carbonyl (C=O) groups excluding carboxylic acids is 2. The molecule has 2 rings (SSSR count). The van der Waals surface area contributed by atoms with Gasteiger partial charge in [0.25, 0.3) is 10.1 Å². The third-order valence-electron chi connectivity index (χ3n) is 5.51. The van der Waals surface area contributed by atoms with Gasteiger partial charge in [0.05, 0.1) is 11.5 Å². The molecule has 0 radical (unpaired) electrons. The zero-order valence-corrected chi connectivity index (χ0v) is 17.2. The molecule has 0 bridgehead atoms. The zero-order valence-electron chi connectivity index (χ0n) is 16.4. The van der Waals surface area contributed by atoms with Crippen LogP contribution in [0.2, 0.25) is 0 Å². The maximum Gasteiger partial charge on any atom is 0.322 e. The normalized spacial score (nSPS) is 18.7. The van der Waals surface area contributed by atoms with Crippen molar-refractivity contribution >= 4 is 21.9 Å². The molecule has 6 nitrogen and oxygen atoms in total. The number of benzene rings is 1. The molecule has 1 fully saturated rings. The smallest absolute Gasteiger partial charge is 0.322 e. The summed E-state index contributed by atoms with van der Waals surface area (Å²) in [5, 5.41) is 0. The van der Waals surface area contributed by atoms with Crippen LogP contribution in [0.3, 0.4) is 0 Å². The van der Waals surface area contributed by atoms with Gasteiger partial charge in [-0.15, -0.1) is 0 Å². The summed E-state index contributed by atoms with van der Waals surface area (Å²) in [6, 6.07) is 6.16. The van der Waals surface area contributed by atoms with E-state index in [1.165, 1.54) is 26.0 Å². The average molecular weight is 397 g/mol. The number of ketones is 1. The fraction of sp³-hybridized carbons (Fsp3) is 0.600. The van der Waals surface area contributed by atoms with Crippen LogP contribution in [0.1, 0.15) is 58.4 Å². The first-order valence-electron chi connectivity index (χ1n) is 9.25. The van der Waals surface area contributed by atoms with Crippen molar-refractivity contribution in [2.45, 2.75) is 70.3 Å². The molecular formula is C20H28O6S. The Morgan fingerprint density at radius 2 is 1.70 bits per heavy atom. The van der Waals surface area contributed by atoms with Crippen molar-refractivity contribution in [3.63, 3.8) is 0 Å². The van der Waals surface area contributed by atoms with E-state index in [4.69, 9.17) is 8.92 Å². The lowest BCUT2D eigenvalue weighted by atomic mass is 9.87. The first kappa shape index (κ1) is 21.6. The highest BCUT2D eigenvalue weighted by molar-refractivity contribution is 7.86. The standard InChI is InChI=1S/C20H28O6S/c1-5-20(12-6-7-13-20)26-18(22)19(4,16(3)21)14-25-27(23,24)17-10-8-15(2)9-11-17/h8-11H,5-7,12-14H2,1-4H3. The van der Waals surface area contributed by atoms with Crippen molar-refractivity contribution in [3.8, 4) is 0 Å². The Hall–Kier alpha value is -1.73.